The molecule has 5 heteroatoms. The number of hydrogen-bond acceptors (Lipinski definition) is 3. The predicted molar refractivity (Wildman–Crippen MR) is 76.0 cm³/mol. The molecule has 1 saturated heterocycles. The number of piperazine rings is 1. The van der Waals surface area contributed by atoms with Gasteiger partial charge in [0, 0.05) is 31.7 Å². The summed E-state index contributed by atoms with van der Waals surface area (Å²) in [7, 11) is 1.63. The van der Waals surface area contributed by atoms with Gasteiger partial charge in [0.05, 0.1) is 7.11 Å². The van der Waals surface area contributed by atoms with Crippen LogP contribution in [0.2, 0.25) is 0 Å². The third-order valence-electron chi connectivity index (χ3n) is 3.94. The lowest BCUT2D eigenvalue weighted by molar-refractivity contribution is -0.119. The van der Waals surface area contributed by atoms with E-state index in [9.17, 15) is 9.59 Å². The van der Waals surface area contributed by atoms with Crippen molar-refractivity contribution in [2.24, 2.45) is 0 Å². The molecule has 1 heterocycles. The Labute approximate surface area is 119 Å². The monoisotopic (exact) mass is 276 g/mol. The normalized spacial score (nSPS) is 15.2. The minimum atomic E-state index is 0.0267. The lowest BCUT2D eigenvalue weighted by Gasteiger charge is -2.33. The van der Waals surface area contributed by atoms with E-state index in [1.807, 2.05) is 26.0 Å². The zero-order valence-corrected chi connectivity index (χ0v) is 12.2. The second kappa shape index (κ2) is 5.94. The van der Waals surface area contributed by atoms with Crippen molar-refractivity contribution in [1.29, 1.82) is 0 Å². The van der Waals surface area contributed by atoms with Crippen LogP contribution >= 0.6 is 0 Å². The lowest BCUT2D eigenvalue weighted by Crippen LogP contribution is -2.48. The molecule has 0 aromatic heterocycles. The Kier molecular flexibility index (Phi) is 4.27. The smallest absolute Gasteiger partial charge is 0.254 e. The van der Waals surface area contributed by atoms with Crippen LogP contribution in [0, 0.1) is 13.8 Å². The van der Waals surface area contributed by atoms with E-state index in [4.69, 9.17) is 4.74 Å². The van der Waals surface area contributed by atoms with Gasteiger partial charge in [0.15, 0.2) is 0 Å². The third-order valence-corrected chi connectivity index (χ3v) is 3.94. The number of carbonyl (C=O) groups excluding carboxylic acids is 2. The molecule has 0 N–H and O–H groups in total. The van der Waals surface area contributed by atoms with Crippen LogP contribution in [0.15, 0.2) is 12.1 Å². The fourth-order valence-electron chi connectivity index (χ4n) is 2.45. The minimum absolute atomic E-state index is 0.0267. The van der Waals surface area contributed by atoms with Gasteiger partial charge in [0.25, 0.3) is 5.91 Å². The Bertz CT molecular complexity index is 520. The van der Waals surface area contributed by atoms with Gasteiger partial charge in [-0.2, -0.15) is 0 Å². The molecule has 0 radical (unpaired) electrons. The van der Waals surface area contributed by atoms with Crippen molar-refractivity contribution in [3.05, 3.63) is 28.8 Å². The molecule has 0 saturated carbocycles. The van der Waals surface area contributed by atoms with Gasteiger partial charge >= 0.3 is 0 Å². The van der Waals surface area contributed by atoms with Crippen LogP contribution in [0.3, 0.4) is 0 Å². The summed E-state index contributed by atoms with van der Waals surface area (Å²) in [5, 5.41) is 0. The highest BCUT2D eigenvalue weighted by Crippen LogP contribution is 2.25. The van der Waals surface area contributed by atoms with E-state index in [2.05, 4.69) is 0 Å². The van der Waals surface area contributed by atoms with E-state index in [0.717, 1.165) is 23.3 Å². The molecule has 20 heavy (non-hydrogen) atoms. The van der Waals surface area contributed by atoms with Crippen LogP contribution in [-0.4, -0.2) is 55.4 Å². The standard InChI is InChI=1S/C15H20N2O3/c1-11-12(2)14(20-3)5-4-13(11)15(19)17-8-6-16(10-18)7-9-17/h4-5,10H,6-9H2,1-3H3. The first-order valence-electron chi connectivity index (χ1n) is 6.71. The van der Waals surface area contributed by atoms with Gasteiger partial charge in [-0.05, 0) is 37.1 Å². The Hall–Kier alpha value is -2.04. The molecular formula is C15H20N2O3. The summed E-state index contributed by atoms with van der Waals surface area (Å²) >= 11 is 0. The zero-order chi connectivity index (χ0) is 14.7. The molecule has 1 aliphatic rings. The molecule has 1 aromatic carbocycles. The van der Waals surface area contributed by atoms with Crippen LogP contribution < -0.4 is 4.74 Å². The van der Waals surface area contributed by atoms with Crippen LogP contribution in [-0.2, 0) is 4.79 Å². The maximum atomic E-state index is 12.5. The first-order chi connectivity index (χ1) is 9.58. The zero-order valence-electron chi connectivity index (χ0n) is 12.2. The van der Waals surface area contributed by atoms with E-state index in [-0.39, 0.29) is 5.91 Å². The quantitative estimate of drug-likeness (QED) is 0.780. The number of rotatable bonds is 3. The van der Waals surface area contributed by atoms with Gasteiger partial charge in [0.2, 0.25) is 6.41 Å². The van der Waals surface area contributed by atoms with E-state index in [1.165, 1.54) is 0 Å². The van der Waals surface area contributed by atoms with E-state index in [1.54, 1.807) is 16.9 Å². The van der Waals surface area contributed by atoms with Crippen LogP contribution in [0.1, 0.15) is 21.5 Å². The fraction of sp³-hybridized carbons (Fsp3) is 0.467. The molecule has 0 bridgehead atoms. The van der Waals surface area contributed by atoms with Crippen molar-refractivity contribution < 1.29 is 14.3 Å². The fourth-order valence-corrected chi connectivity index (χ4v) is 2.45. The number of methoxy groups -OCH3 is 1. The Morgan fingerprint density at radius 2 is 1.80 bits per heavy atom. The largest absolute Gasteiger partial charge is 0.496 e. The summed E-state index contributed by atoms with van der Waals surface area (Å²) in [4.78, 5) is 26.7. The third kappa shape index (κ3) is 2.61. The van der Waals surface area contributed by atoms with Crippen molar-refractivity contribution in [3.8, 4) is 5.75 Å². The summed E-state index contributed by atoms with van der Waals surface area (Å²) in [6.07, 6.45) is 0.838. The molecule has 5 nitrogen and oxygen atoms in total. The molecule has 0 aliphatic carbocycles. The lowest BCUT2D eigenvalue weighted by atomic mass is 10.0. The van der Waals surface area contributed by atoms with Gasteiger partial charge < -0.3 is 14.5 Å². The SMILES string of the molecule is COc1ccc(C(=O)N2CCN(C=O)CC2)c(C)c1C. The maximum Gasteiger partial charge on any atom is 0.254 e. The number of amides is 2. The van der Waals surface area contributed by atoms with Crippen LogP contribution in [0.25, 0.3) is 0 Å². The van der Waals surface area contributed by atoms with Crippen LogP contribution in [0.5, 0.6) is 5.75 Å². The maximum absolute atomic E-state index is 12.5. The summed E-state index contributed by atoms with van der Waals surface area (Å²) < 4.78 is 5.26. The molecule has 108 valence electrons. The molecule has 2 rings (SSSR count). The van der Waals surface area contributed by atoms with Gasteiger partial charge in [-0.15, -0.1) is 0 Å². The average molecular weight is 276 g/mol. The van der Waals surface area contributed by atoms with Gasteiger partial charge in [-0.1, -0.05) is 0 Å². The second-order valence-corrected chi connectivity index (χ2v) is 5.00. The van der Waals surface area contributed by atoms with Crippen molar-refractivity contribution in [2.75, 3.05) is 33.3 Å². The highest BCUT2D eigenvalue weighted by molar-refractivity contribution is 5.96. The first kappa shape index (κ1) is 14.4. The van der Waals surface area contributed by atoms with Crippen molar-refractivity contribution >= 4 is 12.3 Å². The highest BCUT2D eigenvalue weighted by Gasteiger charge is 2.23. The average Bonchev–Trinajstić information content (AvgIpc) is 2.49. The number of ether oxygens (including phenoxy) is 1. The summed E-state index contributed by atoms with van der Waals surface area (Å²) in [5.74, 6) is 0.823. The molecule has 1 fully saturated rings. The topological polar surface area (TPSA) is 49.9 Å². The summed E-state index contributed by atoms with van der Waals surface area (Å²) in [6.45, 7) is 6.26. The van der Waals surface area contributed by atoms with Gasteiger partial charge in [-0.3, -0.25) is 9.59 Å². The molecule has 0 atom stereocenters. The second-order valence-electron chi connectivity index (χ2n) is 5.00. The number of carbonyl (C=O) groups is 2. The predicted octanol–water partition coefficient (Wildman–Crippen LogP) is 1.23. The highest BCUT2D eigenvalue weighted by atomic mass is 16.5. The van der Waals surface area contributed by atoms with E-state index in [0.29, 0.717) is 31.7 Å². The van der Waals surface area contributed by atoms with Crippen LogP contribution in [0.4, 0.5) is 0 Å². The van der Waals surface area contributed by atoms with Gasteiger partial charge in [0.1, 0.15) is 5.75 Å². The van der Waals surface area contributed by atoms with Gasteiger partial charge in [-0.25, -0.2) is 0 Å². The number of benzene rings is 1. The summed E-state index contributed by atoms with van der Waals surface area (Å²) in [5.41, 5.74) is 2.65. The minimum Gasteiger partial charge on any atom is -0.496 e. The Morgan fingerprint density at radius 1 is 1.15 bits per heavy atom. The van der Waals surface area contributed by atoms with Crippen molar-refractivity contribution in [3.63, 3.8) is 0 Å². The number of nitrogens with zero attached hydrogens (tertiary/aromatic N) is 2. The van der Waals surface area contributed by atoms with E-state index < -0.39 is 0 Å². The molecule has 0 unspecified atom stereocenters. The molecule has 1 aliphatic heterocycles. The Balaban J connectivity index is 2.18. The first-order valence-corrected chi connectivity index (χ1v) is 6.71. The van der Waals surface area contributed by atoms with Crippen molar-refractivity contribution in [2.45, 2.75) is 13.8 Å². The Morgan fingerprint density at radius 3 is 2.35 bits per heavy atom. The summed E-state index contributed by atoms with van der Waals surface area (Å²) in [6, 6.07) is 3.65. The molecule has 0 spiro atoms. The molecular weight excluding hydrogens is 256 g/mol. The molecule has 1 aromatic rings. The number of hydrogen-bond donors (Lipinski definition) is 0. The van der Waals surface area contributed by atoms with E-state index >= 15 is 0 Å². The van der Waals surface area contributed by atoms with Crippen molar-refractivity contribution in [1.82, 2.24) is 9.80 Å². The molecule has 2 amide bonds.